The van der Waals surface area contributed by atoms with Gasteiger partial charge in [-0.15, -0.1) is 0 Å². The molecule has 0 saturated carbocycles. The van der Waals surface area contributed by atoms with Gasteiger partial charge in [0, 0.05) is 17.5 Å². The van der Waals surface area contributed by atoms with Crippen molar-refractivity contribution in [1.82, 2.24) is 0 Å². The Hall–Kier alpha value is -3.38. The highest BCUT2D eigenvalue weighted by Crippen LogP contribution is 2.25. The number of aliphatic imine (C=N–C) groups is 1. The van der Waals surface area contributed by atoms with Gasteiger partial charge in [-0.05, 0) is 31.0 Å². The molecule has 156 valence electrons. The molecular weight excluding hydrogens is 408 g/mol. The highest BCUT2D eigenvalue weighted by atomic mass is 32.2. The molecule has 0 amide bonds. The minimum atomic E-state index is -3.94. The molecule has 0 fully saturated rings. The third-order valence-electron chi connectivity index (χ3n) is 5.21. The molecule has 0 N–H and O–H groups in total. The molecule has 0 spiro atoms. The van der Waals surface area contributed by atoms with Crippen LogP contribution in [0.5, 0.6) is 0 Å². The Labute approximate surface area is 182 Å². The number of sulfonamides is 1. The normalized spacial score (nSPS) is 16.5. The Balaban J connectivity index is 1.77. The molecular formula is C25H22N2O3S. The summed E-state index contributed by atoms with van der Waals surface area (Å²) in [5, 5.41) is 0. The molecule has 31 heavy (non-hydrogen) atoms. The van der Waals surface area contributed by atoms with Crippen LogP contribution in [0.25, 0.3) is 0 Å². The van der Waals surface area contributed by atoms with Crippen molar-refractivity contribution in [1.29, 1.82) is 0 Å². The zero-order valence-corrected chi connectivity index (χ0v) is 18.2. The number of carbonyl (C=O) groups is 1. The topological polar surface area (TPSA) is 75.9 Å². The fourth-order valence-electron chi connectivity index (χ4n) is 3.68. The number of nitrogens with zero attached hydrogens (tertiary/aromatic N) is 2. The van der Waals surface area contributed by atoms with Crippen LogP contribution in [-0.2, 0) is 16.6 Å². The number of Topliss-reactive ketones (excluding diaryl/α,β-unsaturated/α-hetero) is 1. The predicted molar refractivity (Wildman–Crippen MR) is 123 cm³/mol. The first-order valence-electron chi connectivity index (χ1n) is 9.97. The molecule has 3 aromatic carbocycles. The summed E-state index contributed by atoms with van der Waals surface area (Å²) in [4.78, 5) is 17.7. The molecule has 1 aliphatic rings. The number of carbonyl (C=O) groups excluding carboxylic acids is 1. The molecule has 0 unspecified atom stereocenters. The summed E-state index contributed by atoms with van der Waals surface area (Å²) in [6.07, 6.45) is 0.0762. The summed E-state index contributed by atoms with van der Waals surface area (Å²) >= 11 is 0. The van der Waals surface area contributed by atoms with Crippen molar-refractivity contribution in [2.45, 2.75) is 31.7 Å². The Kier molecular flexibility index (Phi) is 5.65. The van der Waals surface area contributed by atoms with Crippen LogP contribution >= 0.6 is 0 Å². The molecule has 0 radical (unpaired) electrons. The number of hydrogen-bond donors (Lipinski definition) is 0. The van der Waals surface area contributed by atoms with E-state index in [0.717, 1.165) is 11.1 Å². The van der Waals surface area contributed by atoms with E-state index in [2.05, 4.69) is 9.39 Å². The Morgan fingerprint density at radius 2 is 1.52 bits per heavy atom. The summed E-state index contributed by atoms with van der Waals surface area (Å²) in [5.74, 6) is -0.186. The van der Waals surface area contributed by atoms with Crippen molar-refractivity contribution in [3.05, 3.63) is 101 Å². The van der Waals surface area contributed by atoms with Crippen molar-refractivity contribution >= 4 is 27.2 Å². The van der Waals surface area contributed by atoms with Crippen LogP contribution in [0.4, 0.5) is 0 Å². The van der Waals surface area contributed by atoms with Gasteiger partial charge in [-0.25, -0.2) is 0 Å². The number of hydrogen-bond acceptors (Lipinski definition) is 4. The van der Waals surface area contributed by atoms with E-state index in [0.29, 0.717) is 34.7 Å². The average molecular weight is 431 g/mol. The van der Waals surface area contributed by atoms with Gasteiger partial charge in [0.25, 0.3) is 10.0 Å². The Morgan fingerprint density at radius 1 is 0.839 bits per heavy atom. The SMILES string of the molecule is Cc1ccc(S(=O)(=O)N=C2CC(=NCc3ccccc3)C(=O)c3ccccc32)c(C)c1. The lowest BCUT2D eigenvalue weighted by atomic mass is 9.87. The second-order valence-corrected chi connectivity index (χ2v) is 9.15. The van der Waals surface area contributed by atoms with Gasteiger partial charge in [-0.2, -0.15) is 12.8 Å². The minimum absolute atomic E-state index is 0.0762. The molecule has 0 aromatic heterocycles. The standard InChI is InChI=1S/C25H22N2O3S/c1-17-12-13-24(18(2)14-17)31(29,30)27-22-15-23(26-16-19-8-4-3-5-9-19)25(28)21-11-7-6-10-20(21)22/h3-14H,15-16H2,1-2H3. The molecule has 0 aliphatic heterocycles. The third-order valence-corrected chi connectivity index (χ3v) is 6.69. The van der Waals surface area contributed by atoms with Gasteiger partial charge in [0.2, 0.25) is 5.78 Å². The van der Waals surface area contributed by atoms with Crippen LogP contribution in [0.1, 0.15) is 39.0 Å². The lowest BCUT2D eigenvalue weighted by Crippen LogP contribution is -2.28. The monoisotopic (exact) mass is 430 g/mol. The zero-order valence-electron chi connectivity index (χ0n) is 17.4. The molecule has 5 nitrogen and oxygen atoms in total. The van der Waals surface area contributed by atoms with Crippen molar-refractivity contribution in [3.8, 4) is 0 Å². The van der Waals surface area contributed by atoms with E-state index in [1.54, 1.807) is 43.3 Å². The summed E-state index contributed by atoms with van der Waals surface area (Å²) in [6.45, 7) is 4.01. The highest BCUT2D eigenvalue weighted by Gasteiger charge is 2.29. The molecule has 4 rings (SSSR count). The summed E-state index contributed by atoms with van der Waals surface area (Å²) < 4.78 is 30.4. The van der Waals surface area contributed by atoms with Crippen LogP contribution < -0.4 is 0 Å². The molecule has 6 heteroatoms. The molecule has 0 bridgehead atoms. The van der Waals surface area contributed by atoms with Gasteiger partial charge < -0.3 is 0 Å². The third kappa shape index (κ3) is 4.39. The molecule has 0 heterocycles. The zero-order chi connectivity index (χ0) is 22.0. The first-order chi connectivity index (χ1) is 14.8. The Morgan fingerprint density at radius 3 is 2.23 bits per heavy atom. The fraction of sp³-hybridized carbons (Fsp3) is 0.160. The fourth-order valence-corrected chi connectivity index (χ4v) is 4.94. The van der Waals surface area contributed by atoms with E-state index < -0.39 is 10.0 Å². The van der Waals surface area contributed by atoms with Crippen LogP contribution in [0.2, 0.25) is 0 Å². The first kappa shape index (κ1) is 20.9. The second kappa shape index (κ2) is 8.40. The van der Waals surface area contributed by atoms with E-state index in [1.165, 1.54) is 0 Å². The molecule has 3 aromatic rings. The lowest BCUT2D eigenvalue weighted by Gasteiger charge is -2.19. The number of benzene rings is 3. The number of rotatable bonds is 4. The summed E-state index contributed by atoms with van der Waals surface area (Å²) in [6, 6.07) is 21.7. The van der Waals surface area contributed by atoms with Gasteiger partial charge >= 0.3 is 0 Å². The second-order valence-electron chi connectivity index (χ2n) is 7.58. The smallest absolute Gasteiger partial charge is 0.282 e. The largest absolute Gasteiger partial charge is 0.287 e. The average Bonchev–Trinajstić information content (AvgIpc) is 2.75. The lowest BCUT2D eigenvalue weighted by molar-refractivity contribution is 0.106. The van der Waals surface area contributed by atoms with Gasteiger partial charge in [-0.3, -0.25) is 9.79 Å². The number of ketones is 1. The van der Waals surface area contributed by atoms with Crippen molar-refractivity contribution in [3.63, 3.8) is 0 Å². The summed E-state index contributed by atoms with van der Waals surface area (Å²) in [7, 11) is -3.94. The van der Waals surface area contributed by atoms with Crippen LogP contribution in [0, 0.1) is 13.8 Å². The van der Waals surface area contributed by atoms with E-state index in [1.807, 2.05) is 43.3 Å². The maximum atomic E-state index is 13.1. The van der Waals surface area contributed by atoms with Gasteiger partial charge in [-0.1, -0.05) is 72.3 Å². The van der Waals surface area contributed by atoms with Gasteiger partial charge in [0.05, 0.1) is 22.9 Å². The molecule has 1 aliphatic carbocycles. The van der Waals surface area contributed by atoms with Crippen molar-refractivity contribution in [2.24, 2.45) is 9.39 Å². The van der Waals surface area contributed by atoms with Crippen molar-refractivity contribution in [2.75, 3.05) is 0 Å². The van der Waals surface area contributed by atoms with Crippen molar-refractivity contribution < 1.29 is 13.2 Å². The van der Waals surface area contributed by atoms with E-state index >= 15 is 0 Å². The minimum Gasteiger partial charge on any atom is -0.287 e. The van der Waals surface area contributed by atoms with Crippen LogP contribution in [0.15, 0.2) is 87.1 Å². The first-order valence-corrected chi connectivity index (χ1v) is 11.4. The van der Waals surface area contributed by atoms with E-state index in [9.17, 15) is 13.2 Å². The van der Waals surface area contributed by atoms with E-state index in [-0.39, 0.29) is 17.1 Å². The van der Waals surface area contributed by atoms with Gasteiger partial charge in [0.1, 0.15) is 0 Å². The number of aryl methyl sites for hydroxylation is 2. The van der Waals surface area contributed by atoms with E-state index in [4.69, 9.17) is 0 Å². The predicted octanol–water partition coefficient (Wildman–Crippen LogP) is 4.71. The summed E-state index contributed by atoms with van der Waals surface area (Å²) in [5.41, 5.74) is 4.22. The maximum absolute atomic E-state index is 13.1. The van der Waals surface area contributed by atoms with Gasteiger partial charge in [0.15, 0.2) is 0 Å². The Bertz CT molecular complexity index is 1320. The quantitative estimate of drug-likeness (QED) is 0.602. The molecule has 0 saturated heterocycles. The number of fused-ring (bicyclic) bond motifs is 1. The highest BCUT2D eigenvalue weighted by molar-refractivity contribution is 7.90. The molecule has 0 atom stereocenters. The van der Waals surface area contributed by atoms with Crippen LogP contribution in [-0.4, -0.2) is 25.6 Å². The maximum Gasteiger partial charge on any atom is 0.282 e. The van der Waals surface area contributed by atoms with Crippen LogP contribution in [0.3, 0.4) is 0 Å².